The molecule has 1 saturated heterocycles. The minimum Gasteiger partial charge on any atom is -0.467 e. The number of furan rings is 1. The van der Waals surface area contributed by atoms with Crippen molar-refractivity contribution in [2.45, 2.75) is 12.3 Å². The molecule has 1 N–H and O–H groups in total. The van der Waals surface area contributed by atoms with Crippen molar-refractivity contribution in [3.05, 3.63) is 58.0 Å². The van der Waals surface area contributed by atoms with Crippen LogP contribution in [0, 0.1) is 0 Å². The lowest BCUT2D eigenvalue weighted by Gasteiger charge is -2.34. The first-order valence-electron chi connectivity index (χ1n) is 6.15. The van der Waals surface area contributed by atoms with Crippen molar-refractivity contribution in [1.82, 2.24) is 4.90 Å². The van der Waals surface area contributed by atoms with Gasteiger partial charge in [-0.2, -0.15) is 0 Å². The summed E-state index contributed by atoms with van der Waals surface area (Å²) in [5, 5.41) is 12.1. The van der Waals surface area contributed by atoms with E-state index in [-0.39, 0.29) is 0 Å². The van der Waals surface area contributed by atoms with E-state index in [1.807, 2.05) is 6.07 Å². The van der Waals surface area contributed by atoms with Gasteiger partial charge in [0, 0.05) is 10.6 Å². The normalized spacial score (nSPS) is 22.0. The summed E-state index contributed by atoms with van der Waals surface area (Å²) in [5.41, 5.74) is -0.677. The van der Waals surface area contributed by atoms with Crippen LogP contribution in [0.5, 0.6) is 0 Å². The van der Waals surface area contributed by atoms with Crippen molar-refractivity contribution >= 4 is 51.5 Å². The third kappa shape index (κ3) is 2.81. The monoisotopic (exact) mass is 359 g/mol. The van der Waals surface area contributed by atoms with Crippen molar-refractivity contribution in [3.8, 4) is 0 Å². The number of thioether (sulfide) groups is 1. The third-order valence-corrected chi connectivity index (χ3v) is 5.46. The fourth-order valence-corrected chi connectivity index (χ4v) is 4.22. The Hall–Kier alpha value is -0.720. The lowest BCUT2D eigenvalue weighted by atomic mass is 10.0. The van der Waals surface area contributed by atoms with Gasteiger partial charge in [0.15, 0.2) is 5.72 Å². The largest absolute Gasteiger partial charge is 0.467 e. The number of hydrogen-bond donors (Lipinski definition) is 1. The minimum atomic E-state index is -1.27. The second kappa shape index (κ2) is 5.82. The molecule has 2 heterocycles. The molecular formula is C14H11Cl2NO2S2. The summed E-state index contributed by atoms with van der Waals surface area (Å²) < 4.78 is 5.96. The van der Waals surface area contributed by atoms with Crippen LogP contribution in [-0.2, 0) is 12.3 Å². The van der Waals surface area contributed by atoms with Gasteiger partial charge in [0.1, 0.15) is 10.1 Å². The molecule has 21 heavy (non-hydrogen) atoms. The Bertz CT molecular complexity index is 678. The Morgan fingerprint density at radius 2 is 2.19 bits per heavy atom. The SMILES string of the molecule is OC1(c2ccc(Cl)cc2Cl)CSC(=S)N1Cc1ccco1. The van der Waals surface area contributed by atoms with Crippen molar-refractivity contribution < 1.29 is 9.52 Å². The van der Waals surface area contributed by atoms with Crippen molar-refractivity contribution in [2.24, 2.45) is 0 Å². The minimum absolute atomic E-state index is 0.383. The molecule has 110 valence electrons. The van der Waals surface area contributed by atoms with Gasteiger partial charge in [-0.15, -0.1) is 0 Å². The average molecular weight is 360 g/mol. The van der Waals surface area contributed by atoms with Gasteiger partial charge in [-0.3, -0.25) is 0 Å². The molecule has 1 atom stereocenters. The zero-order valence-electron chi connectivity index (χ0n) is 10.8. The van der Waals surface area contributed by atoms with Gasteiger partial charge in [-0.25, -0.2) is 0 Å². The van der Waals surface area contributed by atoms with Crippen molar-refractivity contribution in [2.75, 3.05) is 5.75 Å². The summed E-state index contributed by atoms with van der Waals surface area (Å²) in [6, 6.07) is 8.70. The van der Waals surface area contributed by atoms with Crippen LogP contribution < -0.4 is 0 Å². The molecule has 1 aliphatic rings. The summed E-state index contributed by atoms with van der Waals surface area (Å²) in [6.45, 7) is 0.383. The van der Waals surface area contributed by atoms with Gasteiger partial charge in [-0.1, -0.05) is 53.2 Å². The molecule has 0 amide bonds. The van der Waals surface area contributed by atoms with E-state index in [0.29, 0.717) is 32.2 Å². The molecule has 0 radical (unpaired) electrons. The van der Waals surface area contributed by atoms with Crippen LogP contribution in [-0.4, -0.2) is 20.1 Å². The predicted molar refractivity (Wildman–Crippen MR) is 89.7 cm³/mol. The molecule has 1 aromatic heterocycles. The van der Waals surface area contributed by atoms with Gasteiger partial charge in [0.2, 0.25) is 0 Å². The lowest BCUT2D eigenvalue weighted by Crippen LogP contribution is -2.44. The van der Waals surface area contributed by atoms with E-state index in [0.717, 1.165) is 5.76 Å². The van der Waals surface area contributed by atoms with Crippen molar-refractivity contribution in [1.29, 1.82) is 0 Å². The van der Waals surface area contributed by atoms with Gasteiger partial charge >= 0.3 is 0 Å². The molecule has 0 saturated carbocycles. The third-order valence-electron chi connectivity index (χ3n) is 3.32. The molecule has 7 heteroatoms. The number of benzene rings is 1. The smallest absolute Gasteiger partial charge is 0.176 e. The topological polar surface area (TPSA) is 36.6 Å². The van der Waals surface area contributed by atoms with Crippen LogP contribution in [0.15, 0.2) is 41.0 Å². The predicted octanol–water partition coefficient (Wildman–Crippen LogP) is 4.27. The van der Waals surface area contributed by atoms with Gasteiger partial charge < -0.3 is 14.4 Å². The number of halogens is 2. The molecule has 1 unspecified atom stereocenters. The maximum atomic E-state index is 11.1. The standard InChI is InChI=1S/C14H11Cl2NO2S2/c15-9-3-4-11(12(16)6-9)14(18)8-21-13(20)17(14)7-10-2-1-5-19-10/h1-6,18H,7-8H2. The van der Waals surface area contributed by atoms with Crippen LogP contribution in [0.1, 0.15) is 11.3 Å². The summed E-state index contributed by atoms with van der Waals surface area (Å²) in [7, 11) is 0. The number of thiocarbonyl (C=S) groups is 1. The highest BCUT2D eigenvalue weighted by molar-refractivity contribution is 8.23. The lowest BCUT2D eigenvalue weighted by molar-refractivity contribution is -0.0531. The Labute approximate surface area is 141 Å². The second-order valence-electron chi connectivity index (χ2n) is 4.66. The first-order valence-corrected chi connectivity index (χ1v) is 8.30. The molecule has 1 fully saturated rings. The van der Waals surface area contributed by atoms with Gasteiger partial charge in [0.25, 0.3) is 0 Å². The highest BCUT2D eigenvalue weighted by atomic mass is 35.5. The second-order valence-corrected chi connectivity index (χ2v) is 7.11. The van der Waals surface area contributed by atoms with E-state index >= 15 is 0 Å². The van der Waals surface area contributed by atoms with E-state index in [2.05, 4.69) is 0 Å². The van der Waals surface area contributed by atoms with Gasteiger partial charge in [-0.05, 0) is 24.3 Å². The fraction of sp³-hybridized carbons (Fsp3) is 0.214. The maximum Gasteiger partial charge on any atom is 0.176 e. The Balaban J connectivity index is 1.99. The number of hydrogen-bond acceptors (Lipinski definition) is 4. The van der Waals surface area contributed by atoms with E-state index in [4.69, 9.17) is 39.8 Å². The molecule has 3 rings (SSSR count). The first-order chi connectivity index (χ1) is 10.0. The highest BCUT2D eigenvalue weighted by Crippen LogP contribution is 2.43. The first kappa shape index (κ1) is 15.2. The Kier molecular flexibility index (Phi) is 4.21. The maximum absolute atomic E-state index is 11.1. The molecule has 3 nitrogen and oxygen atoms in total. The van der Waals surface area contributed by atoms with Crippen LogP contribution in [0.4, 0.5) is 0 Å². The van der Waals surface area contributed by atoms with Crippen LogP contribution >= 0.6 is 47.2 Å². The molecule has 1 aromatic carbocycles. The number of aliphatic hydroxyl groups is 1. The quantitative estimate of drug-likeness (QED) is 0.828. The van der Waals surface area contributed by atoms with Crippen LogP contribution in [0.25, 0.3) is 0 Å². The molecule has 2 aromatic rings. The summed E-state index contributed by atoms with van der Waals surface area (Å²) in [6.07, 6.45) is 1.59. The summed E-state index contributed by atoms with van der Waals surface area (Å²) >= 11 is 18.9. The van der Waals surface area contributed by atoms with E-state index in [1.165, 1.54) is 11.8 Å². The Morgan fingerprint density at radius 1 is 1.38 bits per heavy atom. The van der Waals surface area contributed by atoms with E-state index < -0.39 is 5.72 Å². The number of nitrogens with zero attached hydrogens (tertiary/aromatic N) is 1. The van der Waals surface area contributed by atoms with Gasteiger partial charge in [0.05, 0.1) is 23.6 Å². The van der Waals surface area contributed by atoms with Crippen molar-refractivity contribution in [3.63, 3.8) is 0 Å². The summed E-state index contributed by atoms with van der Waals surface area (Å²) in [4.78, 5) is 1.72. The summed E-state index contributed by atoms with van der Waals surface area (Å²) in [5.74, 6) is 1.14. The number of rotatable bonds is 3. The Morgan fingerprint density at radius 3 is 2.86 bits per heavy atom. The molecule has 0 aliphatic carbocycles. The van der Waals surface area contributed by atoms with E-state index in [9.17, 15) is 5.11 Å². The zero-order valence-corrected chi connectivity index (χ0v) is 13.9. The van der Waals surface area contributed by atoms with Crippen LogP contribution in [0.2, 0.25) is 10.0 Å². The average Bonchev–Trinajstić information content (AvgIpc) is 3.03. The van der Waals surface area contributed by atoms with E-state index in [1.54, 1.807) is 35.4 Å². The molecule has 1 aliphatic heterocycles. The van der Waals surface area contributed by atoms with Crippen LogP contribution in [0.3, 0.4) is 0 Å². The highest BCUT2D eigenvalue weighted by Gasteiger charge is 2.45. The molecule has 0 bridgehead atoms. The molecular weight excluding hydrogens is 349 g/mol. The molecule has 0 spiro atoms. The zero-order chi connectivity index (χ0) is 15.0. The fourth-order valence-electron chi connectivity index (χ4n) is 2.26.